The summed E-state index contributed by atoms with van der Waals surface area (Å²) in [6.07, 6.45) is 5.97. The summed E-state index contributed by atoms with van der Waals surface area (Å²) in [5, 5.41) is 0. The van der Waals surface area contributed by atoms with Crippen molar-refractivity contribution in [2.75, 3.05) is 26.2 Å². The summed E-state index contributed by atoms with van der Waals surface area (Å²) in [7, 11) is -3.63. The smallest absolute Gasteiger partial charge is 0.246 e. The molecule has 1 aliphatic rings. The summed E-state index contributed by atoms with van der Waals surface area (Å²) in [4.78, 5) is 18.4. The Morgan fingerprint density at radius 1 is 1.06 bits per heavy atom. The average molecular weight is 496 g/mol. The molecule has 0 atom stereocenters. The van der Waals surface area contributed by atoms with E-state index < -0.39 is 15.8 Å². The van der Waals surface area contributed by atoms with Gasteiger partial charge in [0.1, 0.15) is 5.75 Å². The number of sulfonamides is 1. The van der Waals surface area contributed by atoms with Crippen LogP contribution in [0, 0.1) is 19.7 Å². The molecule has 0 radical (unpaired) electrons. The van der Waals surface area contributed by atoms with Crippen LogP contribution < -0.4 is 4.74 Å². The highest BCUT2D eigenvalue weighted by Gasteiger charge is 2.30. The lowest BCUT2D eigenvalue weighted by molar-refractivity contribution is -0.127. The molecule has 2 heterocycles. The second kappa shape index (κ2) is 10.4. The van der Waals surface area contributed by atoms with Crippen LogP contribution in [0.1, 0.15) is 16.7 Å². The quantitative estimate of drug-likeness (QED) is 0.480. The number of hydrogen-bond donors (Lipinski definition) is 0. The molecule has 2 aromatic carbocycles. The van der Waals surface area contributed by atoms with Crippen molar-refractivity contribution in [3.8, 4) is 11.5 Å². The van der Waals surface area contributed by atoms with Gasteiger partial charge in [-0.25, -0.2) is 12.8 Å². The van der Waals surface area contributed by atoms with E-state index in [1.54, 1.807) is 48.4 Å². The number of benzene rings is 2. The maximum absolute atomic E-state index is 14.4. The minimum absolute atomic E-state index is 0.0580. The molecule has 1 aliphatic heterocycles. The third kappa shape index (κ3) is 5.75. The summed E-state index contributed by atoms with van der Waals surface area (Å²) >= 11 is 0. The van der Waals surface area contributed by atoms with E-state index in [-0.39, 0.29) is 37.8 Å². The molecule has 3 aromatic rings. The second-order valence-electron chi connectivity index (χ2n) is 8.31. The number of aromatic nitrogens is 1. The van der Waals surface area contributed by atoms with Crippen LogP contribution >= 0.6 is 0 Å². The number of piperazine rings is 1. The molecule has 1 aromatic heterocycles. The Balaban J connectivity index is 1.36. The number of carbonyl (C=O) groups is 1. The molecule has 0 saturated carbocycles. The van der Waals surface area contributed by atoms with Gasteiger partial charge >= 0.3 is 0 Å². The molecule has 0 unspecified atom stereocenters. The van der Waals surface area contributed by atoms with Crippen LogP contribution in [-0.4, -0.2) is 54.7 Å². The molecular formula is C26H26FN3O4S. The van der Waals surface area contributed by atoms with Crippen molar-refractivity contribution in [3.05, 3.63) is 89.5 Å². The standard InChI is InChI=1S/C26H26FN3O4S/c1-19-5-6-20(2)25(16-19)35(32,33)30-14-12-29(13-15-30)26(31)10-8-21-7-9-24(23(27)17-21)34-22-4-3-11-28-18-22/h3-11,16-18H,12-15H2,1-2H3/b10-8+. The fraction of sp³-hybridized carbons (Fsp3) is 0.231. The van der Waals surface area contributed by atoms with Gasteiger partial charge in [0, 0.05) is 38.5 Å². The van der Waals surface area contributed by atoms with E-state index in [4.69, 9.17) is 4.74 Å². The van der Waals surface area contributed by atoms with Gasteiger partial charge in [-0.15, -0.1) is 0 Å². The minimum Gasteiger partial charge on any atom is -0.453 e. The number of amides is 1. The van der Waals surface area contributed by atoms with Crippen LogP contribution in [0.5, 0.6) is 11.5 Å². The highest BCUT2D eigenvalue weighted by Crippen LogP contribution is 2.25. The zero-order valence-electron chi connectivity index (χ0n) is 19.5. The van der Waals surface area contributed by atoms with Crippen molar-refractivity contribution in [3.63, 3.8) is 0 Å². The van der Waals surface area contributed by atoms with Gasteiger partial charge in [-0.05, 0) is 66.9 Å². The number of halogens is 1. The first-order valence-electron chi connectivity index (χ1n) is 11.2. The first-order valence-corrected chi connectivity index (χ1v) is 12.6. The summed E-state index contributed by atoms with van der Waals surface area (Å²) < 4.78 is 47.5. The predicted octanol–water partition coefficient (Wildman–Crippen LogP) is 4.18. The van der Waals surface area contributed by atoms with E-state index in [0.717, 1.165) is 5.56 Å². The van der Waals surface area contributed by atoms with Gasteiger partial charge in [-0.1, -0.05) is 18.2 Å². The first kappa shape index (κ1) is 24.6. The number of rotatable bonds is 6. The molecule has 0 spiro atoms. The molecule has 182 valence electrons. The lowest BCUT2D eigenvalue weighted by Gasteiger charge is -2.33. The van der Waals surface area contributed by atoms with Crippen LogP contribution in [0.2, 0.25) is 0 Å². The first-order chi connectivity index (χ1) is 16.7. The Bertz CT molecular complexity index is 1350. The fourth-order valence-corrected chi connectivity index (χ4v) is 5.52. The number of nitrogens with zero attached hydrogens (tertiary/aromatic N) is 3. The predicted molar refractivity (Wildman–Crippen MR) is 131 cm³/mol. The molecule has 9 heteroatoms. The number of hydrogen-bond acceptors (Lipinski definition) is 5. The van der Waals surface area contributed by atoms with Crippen molar-refractivity contribution >= 4 is 22.0 Å². The third-order valence-corrected chi connectivity index (χ3v) is 7.79. The molecule has 35 heavy (non-hydrogen) atoms. The zero-order valence-corrected chi connectivity index (χ0v) is 20.3. The average Bonchev–Trinajstić information content (AvgIpc) is 2.86. The maximum atomic E-state index is 14.4. The highest BCUT2D eigenvalue weighted by molar-refractivity contribution is 7.89. The lowest BCUT2D eigenvalue weighted by atomic mass is 10.2. The van der Waals surface area contributed by atoms with Gasteiger partial charge in [-0.3, -0.25) is 9.78 Å². The van der Waals surface area contributed by atoms with Crippen LogP contribution in [0.15, 0.2) is 71.9 Å². The van der Waals surface area contributed by atoms with Gasteiger partial charge in [-0.2, -0.15) is 4.31 Å². The summed E-state index contributed by atoms with van der Waals surface area (Å²) in [6, 6.07) is 13.1. The molecule has 7 nitrogen and oxygen atoms in total. The number of aryl methyl sites for hydroxylation is 2. The molecule has 0 N–H and O–H groups in total. The highest BCUT2D eigenvalue weighted by atomic mass is 32.2. The second-order valence-corrected chi connectivity index (χ2v) is 10.2. The van der Waals surface area contributed by atoms with E-state index in [2.05, 4.69) is 4.98 Å². The van der Waals surface area contributed by atoms with E-state index in [1.165, 1.54) is 34.8 Å². The van der Waals surface area contributed by atoms with Crippen molar-refractivity contribution in [2.45, 2.75) is 18.7 Å². The minimum atomic E-state index is -3.63. The zero-order chi connectivity index (χ0) is 25.0. The van der Waals surface area contributed by atoms with Gasteiger partial charge in [0.25, 0.3) is 0 Å². The van der Waals surface area contributed by atoms with Crippen molar-refractivity contribution in [1.82, 2.24) is 14.2 Å². The van der Waals surface area contributed by atoms with Gasteiger partial charge in [0.05, 0.1) is 11.1 Å². The molecule has 4 rings (SSSR count). The van der Waals surface area contributed by atoms with Gasteiger partial charge in [0.2, 0.25) is 15.9 Å². The lowest BCUT2D eigenvalue weighted by Crippen LogP contribution is -2.50. The number of carbonyl (C=O) groups excluding carboxylic acids is 1. The Morgan fingerprint density at radius 2 is 1.83 bits per heavy atom. The summed E-state index contributed by atoms with van der Waals surface area (Å²) in [6.45, 7) is 4.61. The molecular weight excluding hydrogens is 469 g/mol. The summed E-state index contributed by atoms with van der Waals surface area (Å²) in [5.41, 5.74) is 2.08. The Hall–Kier alpha value is -3.56. The maximum Gasteiger partial charge on any atom is 0.246 e. The van der Waals surface area contributed by atoms with Crippen molar-refractivity contribution in [1.29, 1.82) is 0 Å². The molecule has 0 bridgehead atoms. The fourth-order valence-electron chi connectivity index (χ4n) is 3.78. The van der Waals surface area contributed by atoms with Crippen LogP contribution in [0.4, 0.5) is 4.39 Å². The Kier molecular flexibility index (Phi) is 7.28. The van der Waals surface area contributed by atoms with Crippen molar-refractivity contribution in [2.24, 2.45) is 0 Å². The molecule has 0 aliphatic carbocycles. The van der Waals surface area contributed by atoms with Gasteiger partial charge in [0.15, 0.2) is 11.6 Å². The topological polar surface area (TPSA) is 79.8 Å². The Labute approximate surface area is 204 Å². The van der Waals surface area contributed by atoms with Crippen LogP contribution in [0.3, 0.4) is 0 Å². The molecule has 1 amide bonds. The van der Waals surface area contributed by atoms with E-state index in [9.17, 15) is 17.6 Å². The normalized spacial score (nSPS) is 14.9. The number of pyridine rings is 1. The SMILES string of the molecule is Cc1ccc(C)c(S(=O)(=O)N2CCN(C(=O)/C=C/c3ccc(Oc4cccnc4)c(F)c3)CC2)c1. The van der Waals surface area contributed by atoms with Gasteiger partial charge < -0.3 is 9.64 Å². The Morgan fingerprint density at radius 3 is 2.51 bits per heavy atom. The largest absolute Gasteiger partial charge is 0.453 e. The monoisotopic (exact) mass is 495 g/mol. The molecule has 1 fully saturated rings. The number of ether oxygens (including phenoxy) is 1. The van der Waals surface area contributed by atoms with E-state index in [1.807, 2.05) is 13.0 Å². The van der Waals surface area contributed by atoms with Crippen molar-refractivity contribution < 1.29 is 22.3 Å². The van der Waals surface area contributed by atoms with E-state index in [0.29, 0.717) is 21.8 Å². The van der Waals surface area contributed by atoms with E-state index >= 15 is 0 Å². The van der Waals surface area contributed by atoms with Crippen LogP contribution in [0.25, 0.3) is 6.08 Å². The van der Waals surface area contributed by atoms with Crippen LogP contribution in [-0.2, 0) is 14.8 Å². The summed E-state index contributed by atoms with van der Waals surface area (Å²) in [5.74, 6) is -0.343. The molecule has 1 saturated heterocycles. The third-order valence-electron chi connectivity index (χ3n) is 5.75.